The number of piperidine rings is 1. The third kappa shape index (κ3) is 6.23. The van der Waals surface area contributed by atoms with E-state index in [1.165, 1.54) is 0 Å². The first-order valence-electron chi connectivity index (χ1n) is 10.0. The zero-order valence-corrected chi connectivity index (χ0v) is 17.7. The molecule has 0 aliphatic carbocycles. The molecule has 2 aromatic carbocycles. The number of likely N-dealkylation sites (tertiary alicyclic amines) is 1. The van der Waals surface area contributed by atoms with Crippen LogP contribution < -0.4 is 11.1 Å². The number of hydrogen-bond acceptors (Lipinski definition) is 3. The van der Waals surface area contributed by atoms with E-state index < -0.39 is 0 Å². The van der Waals surface area contributed by atoms with Crippen LogP contribution in [0, 0.1) is 0 Å². The molecular weight excluding hydrogens is 386 g/mol. The van der Waals surface area contributed by atoms with Gasteiger partial charge in [-0.15, -0.1) is 12.4 Å². The van der Waals surface area contributed by atoms with Crippen LogP contribution in [-0.2, 0) is 16.0 Å². The van der Waals surface area contributed by atoms with Crippen molar-refractivity contribution in [3.05, 3.63) is 65.7 Å². The van der Waals surface area contributed by atoms with Crippen molar-refractivity contribution in [2.24, 2.45) is 0 Å². The molecule has 3 rings (SSSR count). The molecule has 6 heteroatoms. The van der Waals surface area contributed by atoms with Crippen molar-refractivity contribution in [1.29, 1.82) is 0 Å². The van der Waals surface area contributed by atoms with Gasteiger partial charge in [0.05, 0.1) is 12.3 Å². The van der Waals surface area contributed by atoms with E-state index in [-0.39, 0.29) is 36.2 Å². The minimum atomic E-state index is -0.0853. The lowest BCUT2D eigenvalue weighted by Gasteiger charge is -2.34. The SMILES string of the molecule is CCC(C(=O)N1CCC(NC(=O)Cc2ccc(N)cc2)CC1)c1ccccc1.Cl. The topological polar surface area (TPSA) is 75.4 Å². The molecule has 1 saturated heterocycles. The number of benzene rings is 2. The second-order valence-corrected chi connectivity index (χ2v) is 7.46. The molecule has 29 heavy (non-hydrogen) atoms. The number of nitrogens with two attached hydrogens (primary N) is 1. The van der Waals surface area contributed by atoms with Crippen LogP contribution in [0.3, 0.4) is 0 Å². The van der Waals surface area contributed by atoms with E-state index in [0.717, 1.165) is 30.4 Å². The normalized spacial score (nSPS) is 15.3. The Kier molecular flexibility index (Phi) is 8.52. The van der Waals surface area contributed by atoms with E-state index in [4.69, 9.17) is 5.73 Å². The molecule has 0 aromatic heterocycles. The number of anilines is 1. The Hall–Kier alpha value is -2.53. The third-order valence-corrected chi connectivity index (χ3v) is 5.42. The lowest BCUT2D eigenvalue weighted by molar-refractivity contribution is -0.134. The summed E-state index contributed by atoms with van der Waals surface area (Å²) >= 11 is 0. The highest BCUT2D eigenvalue weighted by Crippen LogP contribution is 2.24. The van der Waals surface area contributed by atoms with Gasteiger partial charge in [-0.25, -0.2) is 0 Å². The first-order chi connectivity index (χ1) is 13.6. The molecule has 1 heterocycles. The summed E-state index contributed by atoms with van der Waals surface area (Å²) in [5, 5.41) is 3.11. The highest BCUT2D eigenvalue weighted by atomic mass is 35.5. The molecule has 156 valence electrons. The average molecular weight is 416 g/mol. The molecule has 1 fully saturated rings. The van der Waals surface area contributed by atoms with Gasteiger partial charge in [0.1, 0.15) is 0 Å². The predicted octanol–water partition coefficient (Wildman–Crippen LogP) is 3.53. The van der Waals surface area contributed by atoms with Crippen molar-refractivity contribution in [2.45, 2.75) is 44.6 Å². The average Bonchev–Trinajstić information content (AvgIpc) is 2.71. The van der Waals surface area contributed by atoms with Gasteiger partial charge in [0, 0.05) is 24.8 Å². The summed E-state index contributed by atoms with van der Waals surface area (Å²) in [4.78, 5) is 27.2. The summed E-state index contributed by atoms with van der Waals surface area (Å²) in [6.45, 7) is 3.43. The Labute approximate surface area is 179 Å². The molecule has 2 aromatic rings. The number of halogens is 1. The minimum Gasteiger partial charge on any atom is -0.399 e. The first kappa shape index (κ1) is 22.8. The summed E-state index contributed by atoms with van der Waals surface area (Å²) < 4.78 is 0. The smallest absolute Gasteiger partial charge is 0.230 e. The monoisotopic (exact) mass is 415 g/mol. The third-order valence-electron chi connectivity index (χ3n) is 5.42. The van der Waals surface area contributed by atoms with Crippen LogP contribution in [0.4, 0.5) is 5.69 Å². The summed E-state index contributed by atoms with van der Waals surface area (Å²) in [6.07, 6.45) is 2.74. The Morgan fingerprint density at radius 3 is 2.28 bits per heavy atom. The predicted molar refractivity (Wildman–Crippen MR) is 119 cm³/mol. The van der Waals surface area contributed by atoms with Gasteiger partial charge in [-0.05, 0) is 42.5 Å². The molecule has 0 saturated carbocycles. The van der Waals surface area contributed by atoms with Crippen molar-refractivity contribution in [3.8, 4) is 0 Å². The van der Waals surface area contributed by atoms with Gasteiger partial charge in [0.2, 0.25) is 11.8 Å². The van der Waals surface area contributed by atoms with Crippen LogP contribution in [0.1, 0.15) is 43.2 Å². The van der Waals surface area contributed by atoms with E-state index in [1.807, 2.05) is 59.5 Å². The summed E-state index contributed by atoms with van der Waals surface area (Å²) in [6, 6.07) is 17.5. The molecule has 0 radical (unpaired) electrons. The number of carbonyl (C=O) groups excluding carboxylic acids is 2. The minimum absolute atomic E-state index is 0. The molecule has 0 bridgehead atoms. The number of hydrogen-bond donors (Lipinski definition) is 2. The molecule has 1 atom stereocenters. The Morgan fingerprint density at radius 2 is 1.69 bits per heavy atom. The molecule has 5 nitrogen and oxygen atoms in total. The van der Waals surface area contributed by atoms with Crippen molar-refractivity contribution in [2.75, 3.05) is 18.8 Å². The van der Waals surface area contributed by atoms with Gasteiger partial charge < -0.3 is 16.0 Å². The zero-order valence-electron chi connectivity index (χ0n) is 16.8. The number of nitrogens with zero attached hydrogens (tertiary/aromatic N) is 1. The second-order valence-electron chi connectivity index (χ2n) is 7.46. The van der Waals surface area contributed by atoms with Crippen LogP contribution in [0.15, 0.2) is 54.6 Å². The van der Waals surface area contributed by atoms with Gasteiger partial charge in [-0.3, -0.25) is 9.59 Å². The summed E-state index contributed by atoms with van der Waals surface area (Å²) in [5.41, 5.74) is 8.41. The van der Waals surface area contributed by atoms with Gasteiger partial charge in [-0.2, -0.15) is 0 Å². The van der Waals surface area contributed by atoms with Crippen LogP contribution in [0.5, 0.6) is 0 Å². The Morgan fingerprint density at radius 1 is 1.07 bits per heavy atom. The maximum absolute atomic E-state index is 13.0. The van der Waals surface area contributed by atoms with Gasteiger partial charge in [0.15, 0.2) is 0 Å². The number of carbonyl (C=O) groups is 2. The van der Waals surface area contributed by atoms with Crippen LogP contribution in [0.25, 0.3) is 0 Å². The summed E-state index contributed by atoms with van der Waals surface area (Å²) in [5.74, 6) is 0.128. The summed E-state index contributed by atoms with van der Waals surface area (Å²) in [7, 11) is 0. The quantitative estimate of drug-likeness (QED) is 0.708. The maximum atomic E-state index is 13.0. The van der Waals surface area contributed by atoms with Crippen molar-refractivity contribution < 1.29 is 9.59 Å². The van der Waals surface area contributed by atoms with E-state index in [2.05, 4.69) is 12.2 Å². The first-order valence-corrected chi connectivity index (χ1v) is 10.0. The van der Waals surface area contributed by atoms with Gasteiger partial charge >= 0.3 is 0 Å². The van der Waals surface area contributed by atoms with Crippen LogP contribution >= 0.6 is 12.4 Å². The van der Waals surface area contributed by atoms with Crippen molar-refractivity contribution in [1.82, 2.24) is 10.2 Å². The zero-order chi connectivity index (χ0) is 19.9. The largest absolute Gasteiger partial charge is 0.399 e. The van der Waals surface area contributed by atoms with E-state index >= 15 is 0 Å². The van der Waals surface area contributed by atoms with E-state index in [0.29, 0.717) is 25.2 Å². The molecular formula is C23H30ClN3O2. The van der Waals surface area contributed by atoms with Crippen molar-refractivity contribution >= 4 is 29.9 Å². The van der Waals surface area contributed by atoms with Gasteiger partial charge in [-0.1, -0.05) is 49.4 Å². The van der Waals surface area contributed by atoms with Crippen LogP contribution in [0.2, 0.25) is 0 Å². The Balaban J connectivity index is 0.00000300. The lowest BCUT2D eigenvalue weighted by Crippen LogP contribution is -2.48. The van der Waals surface area contributed by atoms with Gasteiger partial charge in [0.25, 0.3) is 0 Å². The number of amides is 2. The Bertz CT molecular complexity index is 788. The fourth-order valence-corrected chi connectivity index (χ4v) is 3.80. The highest BCUT2D eigenvalue weighted by molar-refractivity contribution is 5.85. The number of nitrogens with one attached hydrogen (secondary N) is 1. The van der Waals surface area contributed by atoms with Crippen molar-refractivity contribution in [3.63, 3.8) is 0 Å². The molecule has 0 spiro atoms. The standard InChI is InChI=1S/C23H29N3O2.ClH/c1-2-21(18-6-4-3-5-7-18)23(28)26-14-12-20(13-15-26)25-22(27)16-17-8-10-19(24)11-9-17;/h3-11,20-21H,2,12-16,24H2,1H3,(H,25,27);1H. The molecule has 1 aliphatic rings. The second kappa shape index (κ2) is 10.9. The highest BCUT2D eigenvalue weighted by Gasteiger charge is 2.28. The maximum Gasteiger partial charge on any atom is 0.230 e. The fourth-order valence-electron chi connectivity index (χ4n) is 3.80. The lowest BCUT2D eigenvalue weighted by atomic mass is 9.93. The van der Waals surface area contributed by atoms with E-state index in [1.54, 1.807) is 0 Å². The molecule has 3 N–H and O–H groups in total. The number of nitrogen functional groups attached to an aromatic ring is 1. The fraction of sp³-hybridized carbons (Fsp3) is 0.391. The number of rotatable bonds is 6. The molecule has 2 amide bonds. The van der Waals surface area contributed by atoms with Crippen LogP contribution in [-0.4, -0.2) is 35.8 Å². The molecule has 1 aliphatic heterocycles. The molecule has 1 unspecified atom stereocenters. The van der Waals surface area contributed by atoms with E-state index in [9.17, 15) is 9.59 Å².